The maximum atomic E-state index is 13.3. The van der Waals surface area contributed by atoms with Crippen LogP contribution in [0.3, 0.4) is 0 Å². The highest BCUT2D eigenvalue weighted by molar-refractivity contribution is 6.32. The van der Waals surface area contributed by atoms with Gasteiger partial charge in [0.05, 0.1) is 12.1 Å². The minimum atomic E-state index is -1.25. The van der Waals surface area contributed by atoms with E-state index in [0.29, 0.717) is 29.9 Å². The van der Waals surface area contributed by atoms with E-state index in [1.165, 1.54) is 5.48 Å². The molecule has 4 amide bonds. The summed E-state index contributed by atoms with van der Waals surface area (Å²) in [5.74, 6) is -4.29. The van der Waals surface area contributed by atoms with Crippen LogP contribution < -0.4 is 21.4 Å². The molecule has 262 valence electrons. The summed E-state index contributed by atoms with van der Waals surface area (Å²) in [4.78, 5) is 66.7. The zero-order valence-electron chi connectivity index (χ0n) is 27.4. The number of carbonyl (C=O) groups excluding carboxylic acids is 4. The van der Waals surface area contributed by atoms with Crippen LogP contribution in [-0.2, 0) is 33.8 Å². The number of hydrogen-bond acceptors (Lipinski definition) is 7. The Labute approximate surface area is 294 Å². The number of aromatic nitrogens is 2. The number of carbonyl (C=O) groups is 5. The van der Waals surface area contributed by atoms with Gasteiger partial charge in [-0.15, -0.1) is 0 Å². The summed E-state index contributed by atoms with van der Waals surface area (Å²) in [6.45, 7) is 2.00. The standard InChI is InChI=1S/C36H39ClN6O7/c1-2-3-13-29-41-32(37)31(43(29)22-24-14-16-25(17-15-24)26-11-7-8-12-27(26)36(48)49)35(47)39-19-18-38-30(44)21-40-33(45)28(34(46)42-50)20-23-9-5-4-6-10-23/h4-12,14-17,28,50H,2-3,13,18-22H2,1H3,(H,38,44)(H,39,47)(H,40,45)(H,42,46)(H,48,49). The van der Waals surface area contributed by atoms with Crippen LogP contribution in [0, 0.1) is 5.92 Å². The fourth-order valence-electron chi connectivity index (χ4n) is 5.32. The number of benzene rings is 3. The van der Waals surface area contributed by atoms with Crippen LogP contribution in [-0.4, -0.2) is 69.1 Å². The molecule has 1 atom stereocenters. The first-order valence-corrected chi connectivity index (χ1v) is 16.5. The molecule has 0 fully saturated rings. The lowest BCUT2D eigenvalue weighted by atomic mass is 9.98. The van der Waals surface area contributed by atoms with Gasteiger partial charge in [0.25, 0.3) is 11.8 Å². The van der Waals surface area contributed by atoms with Crippen LogP contribution in [0.5, 0.6) is 0 Å². The summed E-state index contributed by atoms with van der Waals surface area (Å²) in [6.07, 6.45) is 2.37. The van der Waals surface area contributed by atoms with Crippen molar-refractivity contribution in [2.24, 2.45) is 5.92 Å². The van der Waals surface area contributed by atoms with E-state index in [4.69, 9.17) is 16.8 Å². The van der Waals surface area contributed by atoms with Crippen molar-refractivity contribution < 1.29 is 34.3 Å². The highest BCUT2D eigenvalue weighted by Gasteiger charge is 2.27. The van der Waals surface area contributed by atoms with E-state index in [1.54, 1.807) is 59.2 Å². The average Bonchev–Trinajstić information content (AvgIpc) is 3.44. The Morgan fingerprint density at radius 3 is 2.20 bits per heavy atom. The number of halogens is 1. The number of rotatable bonds is 17. The minimum Gasteiger partial charge on any atom is -0.478 e. The number of hydroxylamine groups is 1. The Morgan fingerprint density at radius 2 is 1.52 bits per heavy atom. The van der Waals surface area contributed by atoms with Crippen molar-refractivity contribution in [1.29, 1.82) is 0 Å². The molecule has 4 rings (SSSR count). The van der Waals surface area contributed by atoms with Gasteiger partial charge in [-0.05, 0) is 41.2 Å². The highest BCUT2D eigenvalue weighted by Crippen LogP contribution is 2.26. The lowest BCUT2D eigenvalue weighted by Gasteiger charge is -2.15. The number of carboxylic acids is 1. The van der Waals surface area contributed by atoms with Crippen LogP contribution in [0.4, 0.5) is 0 Å². The van der Waals surface area contributed by atoms with E-state index in [9.17, 15) is 29.1 Å². The van der Waals surface area contributed by atoms with Gasteiger partial charge in [0.15, 0.2) is 5.15 Å². The predicted molar refractivity (Wildman–Crippen MR) is 186 cm³/mol. The number of nitrogens with one attached hydrogen (secondary N) is 4. The van der Waals surface area contributed by atoms with Crippen molar-refractivity contribution in [2.75, 3.05) is 19.6 Å². The van der Waals surface area contributed by atoms with Gasteiger partial charge >= 0.3 is 5.97 Å². The molecule has 1 unspecified atom stereocenters. The van der Waals surface area contributed by atoms with Crippen molar-refractivity contribution in [2.45, 2.75) is 39.2 Å². The number of aromatic carboxylic acids is 1. The molecular formula is C36H39ClN6O7. The van der Waals surface area contributed by atoms with Crippen molar-refractivity contribution >= 4 is 41.2 Å². The molecule has 14 heteroatoms. The summed E-state index contributed by atoms with van der Waals surface area (Å²) < 4.78 is 1.76. The first-order valence-electron chi connectivity index (χ1n) is 16.1. The fraction of sp³-hybridized carbons (Fsp3) is 0.278. The number of amides is 4. The van der Waals surface area contributed by atoms with E-state index < -0.39 is 42.1 Å². The van der Waals surface area contributed by atoms with Crippen LogP contribution in [0.15, 0.2) is 78.9 Å². The molecule has 50 heavy (non-hydrogen) atoms. The number of nitrogens with zero attached hydrogens (tertiary/aromatic N) is 2. The van der Waals surface area contributed by atoms with Crippen molar-refractivity contribution in [3.05, 3.63) is 112 Å². The molecular weight excluding hydrogens is 664 g/mol. The maximum absolute atomic E-state index is 13.3. The van der Waals surface area contributed by atoms with Crippen molar-refractivity contribution in [3.63, 3.8) is 0 Å². The first-order chi connectivity index (χ1) is 24.1. The van der Waals surface area contributed by atoms with Gasteiger partial charge in [0.1, 0.15) is 17.4 Å². The Morgan fingerprint density at radius 1 is 0.840 bits per heavy atom. The van der Waals surface area contributed by atoms with E-state index in [1.807, 2.05) is 31.2 Å². The second kappa shape index (κ2) is 18.3. The quantitative estimate of drug-likeness (QED) is 0.0416. The van der Waals surface area contributed by atoms with Crippen LogP contribution in [0.1, 0.15) is 57.6 Å². The van der Waals surface area contributed by atoms with E-state index in [-0.39, 0.29) is 35.9 Å². The third-order valence-corrected chi connectivity index (χ3v) is 8.18. The number of carboxylic acid groups (broad SMARTS) is 1. The lowest BCUT2D eigenvalue weighted by Crippen LogP contribution is -2.45. The molecule has 6 N–H and O–H groups in total. The normalized spacial score (nSPS) is 11.3. The Bertz CT molecular complexity index is 1810. The molecule has 1 aromatic heterocycles. The number of hydrogen-bond donors (Lipinski definition) is 6. The summed E-state index contributed by atoms with van der Waals surface area (Å²) in [5, 5.41) is 26.5. The molecule has 1 heterocycles. The zero-order valence-corrected chi connectivity index (χ0v) is 28.2. The van der Waals surface area contributed by atoms with E-state index >= 15 is 0 Å². The SMILES string of the molecule is CCCCc1nc(Cl)c(C(=O)NCCNC(=O)CNC(=O)C(Cc2ccccc2)C(=O)NO)n1Cc1ccc(-c2ccccc2C(=O)O)cc1. The van der Waals surface area contributed by atoms with E-state index in [2.05, 4.69) is 20.9 Å². The average molecular weight is 703 g/mol. The topological polar surface area (TPSA) is 192 Å². The molecule has 0 aliphatic heterocycles. The van der Waals surface area contributed by atoms with Crippen molar-refractivity contribution in [1.82, 2.24) is 31.0 Å². The second-order valence-corrected chi connectivity index (χ2v) is 11.8. The summed E-state index contributed by atoms with van der Waals surface area (Å²) in [5.41, 5.74) is 4.74. The largest absolute Gasteiger partial charge is 0.478 e. The number of imidazole rings is 1. The molecule has 0 aliphatic rings. The Balaban J connectivity index is 1.35. The number of unbranched alkanes of at least 4 members (excludes halogenated alkanes) is 1. The van der Waals surface area contributed by atoms with Gasteiger partial charge in [-0.2, -0.15) is 0 Å². The van der Waals surface area contributed by atoms with Gasteiger partial charge < -0.3 is 25.6 Å². The lowest BCUT2D eigenvalue weighted by molar-refractivity contribution is -0.141. The molecule has 3 aromatic carbocycles. The minimum absolute atomic E-state index is 0.0264. The first kappa shape index (κ1) is 37.3. The van der Waals surface area contributed by atoms with Gasteiger partial charge in [-0.25, -0.2) is 15.3 Å². The summed E-state index contributed by atoms with van der Waals surface area (Å²) in [6, 6.07) is 22.9. The molecule has 0 radical (unpaired) electrons. The van der Waals surface area contributed by atoms with Gasteiger partial charge in [0, 0.05) is 26.1 Å². The maximum Gasteiger partial charge on any atom is 0.336 e. The summed E-state index contributed by atoms with van der Waals surface area (Å²) in [7, 11) is 0. The van der Waals surface area contributed by atoms with Gasteiger partial charge in [0.2, 0.25) is 11.8 Å². The Kier molecular flexibility index (Phi) is 13.6. The number of aryl methyl sites for hydroxylation is 1. The third-order valence-electron chi connectivity index (χ3n) is 7.92. The molecule has 13 nitrogen and oxygen atoms in total. The van der Waals surface area contributed by atoms with Crippen molar-refractivity contribution in [3.8, 4) is 11.1 Å². The predicted octanol–water partition coefficient (Wildman–Crippen LogP) is 3.62. The fourth-order valence-corrected chi connectivity index (χ4v) is 5.61. The Hall–Kier alpha value is -5.53. The highest BCUT2D eigenvalue weighted by atomic mass is 35.5. The van der Waals surface area contributed by atoms with Crippen LogP contribution >= 0.6 is 11.6 Å². The monoisotopic (exact) mass is 702 g/mol. The van der Waals surface area contributed by atoms with Crippen LogP contribution in [0.25, 0.3) is 11.1 Å². The molecule has 0 aliphatic carbocycles. The molecule has 0 spiro atoms. The molecule has 4 aromatic rings. The zero-order chi connectivity index (χ0) is 36.0. The third kappa shape index (κ3) is 10.00. The molecule has 0 saturated carbocycles. The van der Waals surface area contributed by atoms with Gasteiger partial charge in [-0.1, -0.05) is 97.7 Å². The van der Waals surface area contributed by atoms with Gasteiger partial charge in [-0.3, -0.25) is 24.4 Å². The van der Waals surface area contributed by atoms with Crippen LogP contribution in [0.2, 0.25) is 5.15 Å². The summed E-state index contributed by atoms with van der Waals surface area (Å²) >= 11 is 6.48. The molecule has 0 bridgehead atoms. The molecule has 0 saturated heterocycles. The van der Waals surface area contributed by atoms with E-state index in [0.717, 1.165) is 24.0 Å². The smallest absolute Gasteiger partial charge is 0.336 e. The second-order valence-electron chi connectivity index (χ2n) is 11.4.